The van der Waals surface area contributed by atoms with Crippen LogP contribution in [-0.4, -0.2) is 49.5 Å². The number of ether oxygens (including phenoxy) is 2. The summed E-state index contributed by atoms with van der Waals surface area (Å²) in [5.41, 5.74) is 1.89. The number of nitrogens with one attached hydrogen (secondary N) is 1. The number of fused-ring (bicyclic) bond motifs is 1. The number of esters is 1. The molecule has 30 heavy (non-hydrogen) atoms. The zero-order valence-electron chi connectivity index (χ0n) is 18.1. The minimum absolute atomic E-state index is 0.178. The van der Waals surface area contributed by atoms with Gasteiger partial charge in [-0.15, -0.1) is 0 Å². The van der Waals surface area contributed by atoms with Gasteiger partial charge in [0, 0.05) is 38.9 Å². The lowest BCUT2D eigenvalue weighted by Crippen LogP contribution is -2.21. The van der Waals surface area contributed by atoms with Gasteiger partial charge in [-0.25, -0.2) is 9.78 Å². The Kier molecular flexibility index (Phi) is 6.97. The molecule has 0 spiro atoms. The van der Waals surface area contributed by atoms with E-state index in [2.05, 4.69) is 29.9 Å². The van der Waals surface area contributed by atoms with Crippen LogP contribution < -0.4 is 5.32 Å². The second-order valence-electron chi connectivity index (χ2n) is 8.29. The Hall–Kier alpha value is -2.20. The first-order chi connectivity index (χ1) is 14.2. The maximum absolute atomic E-state index is 12.0. The summed E-state index contributed by atoms with van der Waals surface area (Å²) in [7, 11) is 1.87. The van der Waals surface area contributed by atoms with Crippen LogP contribution in [0.15, 0.2) is 30.5 Å². The number of carbonyl (C=O) groups is 1. The van der Waals surface area contributed by atoms with E-state index < -0.39 is 20.1 Å². The smallest absolute Gasteiger partial charge is 0.359 e. The van der Waals surface area contributed by atoms with Crippen LogP contribution in [0.2, 0.25) is 25.7 Å². The van der Waals surface area contributed by atoms with Crippen molar-refractivity contribution in [3.63, 3.8) is 0 Å². The van der Waals surface area contributed by atoms with Gasteiger partial charge in [0.2, 0.25) is 0 Å². The van der Waals surface area contributed by atoms with Gasteiger partial charge in [-0.3, -0.25) is 0 Å². The Morgan fingerprint density at radius 3 is 2.73 bits per heavy atom. The Morgan fingerprint density at radius 1 is 1.33 bits per heavy atom. The summed E-state index contributed by atoms with van der Waals surface area (Å²) in [6, 6.07) is 8.99. The predicted octanol–water partition coefficient (Wildman–Crippen LogP) is 4.32. The van der Waals surface area contributed by atoms with Crippen molar-refractivity contribution in [2.45, 2.75) is 38.5 Å². The van der Waals surface area contributed by atoms with E-state index in [-0.39, 0.29) is 5.69 Å². The van der Waals surface area contributed by atoms with Gasteiger partial charge in [-0.05, 0) is 12.1 Å². The van der Waals surface area contributed by atoms with Gasteiger partial charge in [-0.2, -0.15) is 0 Å². The van der Waals surface area contributed by atoms with Crippen LogP contribution in [0.5, 0.6) is 0 Å². The Labute approximate surface area is 181 Å². The lowest BCUT2D eigenvalue weighted by molar-refractivity contribution is 0.0595. The molecule has 2 N–H and O–H groups in total. The maximum atomic E-state index is 12.0. The van der Waals surface area contributed by atoms with Crippen LogP contribution in [0.4, 0.5) is 5.00 Å². The van der Waals surface area contributed by atoms with Crippen molar-refractivity contribution in [3.8, 4) is 0 Å². The van der Waals surface area contributed by atoms with E-state index in [1.807, 2.05) is 35.0 Å². The predicted molar refractivity (Wildman–Crippen MR) is 123 cm³/mol. The monoisotopic (exact) mass is 447 g/mol. The Morgan fingerprint density at radius 2 is 2.07 bits per heavy atom. The second-order valence-corrected chi connectivity index (χ2v) is 14.9. The van der Waals surface area contributed by atoms with Crippen LogP contribution in [0.25, 0.3) is 10.9 Å². The third kappa shape index (κ3) is 4.92. The van der Waals surface area contributed by atoms with E-state index >= 15 is 0 Å². The van der Waals surface area contributed by atoms with Gasteiger partial charge in [0.25, 0.3) is 0 Å². The maximum Gasteiger partial charge on any atom is 0.359 e. The second kappa shape index (κ2) is 9.30. The zero-order valence-corrected chi connectivity index (χ0v) is 19.9. The number of hydrogen-bond donors (Lipinski definition) is 2. The molecule has 1 atom stereocenters. The van der Waals surface area contributed by atoms with Gasteiger partial charge in [0.1, 0.15) is 22.8 Å². The quantitative estimate of drug-likeness (QED) is 0.289. The van der Waals surface area contributed by atoms with Gasteiger partial charge >= 0.3 is 5.97 Å². The molecule has 1 aromatic carbocycles. The van der Waals surface area contributed by atoms with Crippen LogP contribution in [-0.2, 0) is 16.2 Å². The topological polar surface area (TPSA) is 85.6 Å². The average Bonchev–Trinajstić information content (AvgIpc) is 3.31. The first-order valence-corrected chi connectivity index (χ1v) is 14.4. The van der Waals surface area contributed by atoms with Gasteiger partial charge in [0.05, 0.1) is 12.6 Å². The van der Waals surface area contributed by atoms with Crippen LogP contribution >= 0.6 is 11.3 Å². The van der Waals surface area contributed by atoms with Gasteiger partial charge in [0.15, 0.2) is 5.69 Å². The number of aliphatic hydroxyl groups excluding tert-OH is 1. The Balaban J connectivity index is 1.89. The average molecular weight is 448 g/mol. The lowest BCUT2D eigenvalue weighted by atomic mass is 10.1. The van der Waals surface area contributed by atoms with Crippen LogP contribution in [0.1, 0.15) is 27.2 Å². The molecule has 0 fully saturated rings. The first-order valence-electron chi connectivity index (χ1n) is 9.85. The largest absolute Gasteiger partial charge is 0.464 e. The number of rotatable bonds is 9. The van der Waals surface area contributed by atoms with Crippen molar-refractivity contribution in [1.29, 1.82) is 0 Å². The van der Waals surface area contributed by atoms with E-state index in [9.17, 15) is 9.90 Å². The van der Waals surface area contributed by atoms with Crippen molar-refractivity contribution in [2.75, 3.05) is 26.1 Å². The van der Waals surface area contributed by atoms with E-state index in [0.717, 1.165) is 29.1 Å². The fourth-order valence-electron chi connectivity index (χ4n) is 3.13. The minimum Gasteiger partial charge on any atom is -0.464 e. The summed E-state index contributed by atoms with van der Waals surface area (Å²) in [5, 5.41) is 16.0. The number of carbonyl (C=O) groups excluding carboxylic acids is 1. The minimum atomic E-state index is -1.15. The molecule has 0 amide bonds. The fraction of sp³-hybridized carbons (Fsp3) is 0.429. The summed E-state index contributed by atoms with van der Waals surface area (Å²) in [4.78, 5) is 16.3. The van der Waals surface area contributed by atoms with Gasteiger partial charge < -0.3 is 24.5 Å². The number of thiazole rings is 1. The molecule has 0 aliphatic carbocycles. The standard InChI is InChI=1S/C21H29N3O4SSi/c1-22-19-17(21(26)27-2)23-20(29-19)18(25)15-12-24(13-28-10-11-30(3,4)5)16-9-7-6-8-14(15)16/h6-9,12,18,22,25H,10-11,13H2,1-5H3. The van der Waals surface area contributed by atoms with Crippen LogP contribution in [0.3, 0.4) is 0 Å². The molecule has 7 nitrogen and oxygen atoms in total. The van der Waals surface area contributed by atoms with E-state index in [1.165, 1.54) is 18.4 Å². The highest BCUT2D eigenvalue weighted by Crippen LogP contribution is 2.35. The number of para-hydroxylation sites is 1. The summed E-state index contributed by atoms with van der Waals surface area (Å²) >= 11 is 1.24. The number of hydrogen-bond acceptors (Lipinski definition) is 7. The molecule has 0 bridgehead atoms. The number of benzene rings is 1. The third-order valence-corrected chi connectivity index (χ3v) is 7.65. The number of aliphatic hydroxyl groups is 1. The van der Waals surface area contributed by atoms with Crippen molar-refractivity contribution in [1.82, 2.24) is 9.55 Å². The van der Waals surface area contributed by atoms with Crippen molar-refractivity contribution in [3.05, 3.63) is 46.7 Å². The molecular weight excluding hydrogens is 418 g/mol. The highest BCUT2D eigenvalue weighted by atomic mass is 32.1. The third-order valence-electron chi connectivity index (χ3n) is 4.82. The van der Waals surface area contributed by atoms with Gasteiger partial charge in [-0.1, -0.05) is 49.2 Å². The molecule has 3 rings (SSSR count). The van der Waals surface area contributed by atoms with E-state index in [4.69, 9.17) is 9.47 Å². The highest BCUT2D eigenvalue weighted by molar-refractivity contribution is 7.16. The molecule has 0 saturated heterocycles. The molecule has 0 aliphatic heterocycles. The molecule has 1 unspecified atom stereocenters. The molecule has 3 aromatic rings. The molecule has 0 saturated carbocycles. The lowest BCUT2D eigenvalue weighted by Gasteiger charge is -2.15. The molecular formula is C21H29N3O4SSi. The van der Waals surface area contributed by atoms with Crippen molar-refractivity contribution >= 4 is 41.3 Å². The van der Waals surface area contributed by atoms with E-state index in [1.54, 1.807) is 7.05 Å². The van der Waals surface area contributed by atoms with Crippen molar-refractivity contribution < 1.29 is 19.4 Å². The van der Waals surface area contributed by atoms with Crippen LogP contribution in [0, 0.1) is 0 Å². The summed E-state index contributed by atoms with van der Waals surface area (Å²) in [6.45, 7) is 8.12. The SMILES string of the molecule is CNc1sc(C(O)c2cn(COCC[Si](C)(C)C)c3ccccc23)nc1C(=O)OC. The molecule has 0 aliphatic rings. The fourth-order valence-corrected chi connectivity index (χ4v) is 4.80. The zero-order chi connectivity index (χ0) is 21.9. The Bertz CT molecular complexity index is 1030. The molecule has 2 aromatic heterocycles. The normalized spacial score (nSPS) is 12.9. The summed E-state index contributed by atoms with van der Waals surface area (Å²) in [5.74, 6) is -0.535. The summed E-state index contributed by atoms with van der Waals surface area (Å²) < 4.78 is 12.7. The molecule has 9 heteroatoms. The number of nitrogens with zero attached hydrogens (tertiary/aromatic N) is 2. The number of aromatic nitrogens is 2. The number of methoxy groups -OCH3 is 1. The molecule has 2 heterocycles. The number of anilines is 1. The highest BCUT2D eigenvalue weighted by Gasteiger charge is 2.25. The molecule has 162 valence electrons. The van der Waals surface area contributed by atoms with E-state index in [0.29, 0.717) is 16.7 Å². The van der Waals surface area contributed by atoms with Crippen molar-refractivity contribution in [2.24, 2.45) is 0 Å². The summed E-state index contributed by atoms with van der Waals surface area (Å²) in [6.07, 6.45) is 0.941. The first kappa shape index (κ1) is 22.5. The molecule has 0 radical (unpaired) electrons.